The van der Waals surface area contributed by atoms with E-state index in [4.69, 9.17) is 5.21 Å². The predicted molar refractivity (Wildman–Crippen MR) is 36.6 cm³/mol. The van der Waals surface area contributed by atoms with Crippen LogP contribution >= 0.6 is 0 Å². The molecule has 1 aliphatic rings. The standard InChI is InChI=1S/C7H14FNO/c1-6(2,8)7(3-4-7)5-9-10/h9-10H,3-5H2,1-2H3. The van der Waals surface area contributed by atoms with Crippen LogP contribution in [0.25, 0.3) is 0 Å². The number of halogens is 1. The van der Waals surface area contributed by atoms with E-state index in [0.717, 1.165) is 12.8 Å². The Morgan fingerprint density at radius 1 is 1.60 bits per heavy atom. The fourth-order valence-corrected chi connectivity index (χ4v) is 1.28. The molecule has 0 aromatic carbocycles. The fourth-order valence-electron chi connectivity index (χ4n) is 1.28. The first-order chi connectivity index (χ1) is 4.52. The molecule has 10 heavy (non-hydrogen) atoms. The molecule has 0 bridgehead atoms. The minimum Gasteiger partial charge on any atom is -0.317 e. The highest BCUT2D eigenvalue weighted by Gasteiger charge is 2.54. The van der Waals surface area contributed by atoms with Gasteiger partial charge in [0.25, 0.3) is 0 Å². The van der Waals surface area contributed by atoms with Crippen LogP contribution in [0.1, 0.15) is 26.7 Å². The van der Waals surface area contributed by atoms with Crippen LogP contribution < -0.4 is 5.48 Å². The zero-order valence-electron chi connectivity index (χ0n) is 6.45. The smallest absolute Gasteiger partial charge is 0.112 e. The first-order valence-corrected chi connectivity index (χ1v) is 3.58. The monoisotopic (exact) mass is 147 g/mol. The molecule has 0 atom stereocenters. The normalized spacial score (nSPS) is 22.8. The third-order valence-electron chi connectivity index (χ3n) is 2.53. The minimum atomic E-state index is -1.16. The fraction of sp³-hybridized carbons (Fsp3) is 1.00. The van der Waals surface area contributed by atoms with Gasteiger partial charge in [-0.3, -0.25) is 0 Å². The van der Waals surface area contributed by atoms with Crippen LogP contribution in [0.5, 0.6) is 0 Å². The van der Waals surface area contributed by atoms with E-state index in [9.17, 15) is 4.39 Å². The van der Waals surface area contributed by atoms with Crippen molar-refractivity contribution in [3.8, 4) is 0 Å². The topological polar surface area (TPSA) is 32.3 Å². The van der Waals surface area contributed by atoms with Crippen molar-refractivity contribution in [2.75, 3.05) is 6.54 Å². The number of hydrogen-bond donors (Lipinski definition) is 2. The molecular formula is C7H14FNO. The summed E-state index contributed by atoms with van der Waals surface area (Å²) in [4.78, 5) is 0. The van der Waals surface area contributed by atoms with E-state index in [1.165, 1.54) is 0 Å². The summed E-state index contributed by atoms with van der Waals surface area (Å²) in [6, 6.07) is 0. The zero-order valence-corrected chi connectivity index (χ0v) is 6.45. The van der Waals surface area contributed by atoms with Gasteiger partial charge in [-0.15, -0.1) is 0 Å². The van der Waals surface area contributed by atoms with Crippen molar-refractivity contribution < 1.29 is 9.60 Å². The summed E-state index contributed by atoms with van der Waals surface area (Å²) in [5.41, 5.74) is 0.583. The van der Waals surface area contributed by atoms with E-state index >= 15 is 0 Å². The van der Waals surface area contributed by atoms with E-state index in [2.05, 4.69) is 0 Å². The number of alkyl halides is 1. The van der Waals surface area contributed by atoms with Gasteiger partial charge in [-0.25, -0.2) is 9.87 Å². The summed E-state index contributed by atoms with van der Waals surface area (Å²) in [5, 5.41) is 8.39. The van der Waals surface area contributed by atoms with Crippen molar-refractivity contribution >= 4 is 0 Å². The third-order valence-corrected chi connectivity index (χ3v) is 2.53. The Morgan fingerprint density at radius 3 is 2.20 bits per heavy atom. The Labute approximate surface area is 60.4 Å². The second kappa shape index (κ2) is 2.17. The summed E-state index contributed by atoms with van der Waals surface area (Å²) >= 11 is 0. The molecule has 0 unspecified atom stereocenters. The lowest BCUT2D eigenvalue weighted by Gasteiger charge is -2.25. The zero-order chi connectivity index (χ0) is 7.83. The molecule has 2 nitrogen and oxygen atoms in total. The van der Waals surface area contributed by atoms with Crippen LogP contribution in [-0.2, 0) is 0 Å². The van der Waals surface area contributed by atoms with Gasteiger partial charge in [-0.1, -0.05) is 0 Å². The molecule has 0 aromatic rings. The summed E-state index contributed by atoms with van der Waals surface area (Å²) in [6.07, 6.45) is 1.76. The van der Waals surface area contributed by atoms with Gasteiger partial charge >= 0.3 is 0 Å². The maximum Gasteiger partial charge on any atom is 0.112 e. The first kappa shape index (κ1) is 7.95. The second-order valence-corrected chi connectivity index (χ2v) is 3.59. The van der Waals surface area contributed by atoms with E-state index in [0.29, 0.717) is 6.54 Å². The van der Waals surface area contributed by atoms with E-state index in [1.807, 2.05) is 5.48 Å². The SMILES string of the molecule is CC(C)(F)C1(CNO)CC1. The molecule has 0 amide bonds. The predicted octanol–water partition coefficient (Wildman–Crippen LogP) is 1.49. The summed E-state index contributed by atoms with van der Waals surface area (Å²) in [6.45, 7) is 3.51. The Morgan fingerprint density at radius 2 is 2.10 bits per heavy atom. The maximum atomic E-state index is 13.3. The molecule has 0 heterocycles. The first-order valence-electron chi connectivity index (χ1n) is 3.58. The number of hydrogen-bond acceptors (Lipinski definition) is 2. The van der Waals surface area contributed by atoms with Gasteiger partial charge in [0, 0.05) is 12.0 Å². The lowest BCUT2D eigenvalue weighted by molar-refractivity contribution is 0.0591. The van der Waals surface area contributed by atoms with Crippen LogP contribution in [0, 0.1) is 5.41 Å². The van der Waals surface area contributed by atoms with E-state index < -0.39 is 5.67 Å². The van der Waals surface area contributed by atoms with Gasteiger partial charge in [0.2, 0.25) is 0 Å². The highest BCUT2D eigenvalue weighted by Crippen LogP contribution is 2.55. The van der Waals surface area contributed by atoms with Crippen LogP contribution in [0.4, 0.5) is 4.39 Å². The van der Waals surface area contributed by atoms with Crippen molar-refractivity contribution in [3.63, 3.8) is 0 Å². The molecule has 0 aromatic heterocycles. The van der Waals surface area contributed by atoms with Gasteiger partial charge in [0.15, 0.2) is 0 Å². The van der Waals surface area contributed by atoms with Crippen molar-refractivity contribution in [2.24, 2.45) is 5.41 Å². The number of rotatable bonds is 3. The van der Waals surface area contributed by atoms with E-state index in [1.54, 1.807) is 13.8 Å². The lowest BCUT2D eigenvalue weighted by Crippen LogP contribution is -2.35. The van der Waals surface area contributed by atoms with Crippen molar-refractivity contribution in [3.05, 3.63) is 0 Å². The lowest BCUT2D eigenvalue weighted by atomic mass is 9.89. The second-order valence-electron chi connectivity index (χ2n) is 3.59. The van der Waals surface area contributed by atoms with Crippen molar-refractivity contribution in [2.45, 2.75) is 32.4 Å². The van der Waals surface area contributed by atoms with E-state index in [-0.39, 0.29) is 5.41 Å². The molecule has 3 heteroatoms. The number of hydroxylamine groups is 1. The van der Waals surface area contributed by atoms with Gasteiger partial charge in [-0.05, 0) is 26.7 Å². The quantitative estimate of drug-likeness (QED) is 0.593. The molecule has 2 N–H and O–H groups in total. The Balaban J connectivity index is 2.52. The molecule has 0 aliphatic heterocycles. The van der Waals surface area contributed by atoms with Crippen LogP contribution in [0.15, 0.2) is 0 Å². The summed E-state index contributed by atoms with van der Waals surface area (Å²) in [5.74, 6) is 0. The highest BCUT2D eigenvalue weighted by atomic mass is 19.1. The molecule has 1 saturated carbocycles. The third kappa shape index (κ3) is 1.16. The Kier molecular flexibility index (Phi) is 1.73. The molecule has 60 valence electrons. The summed E-state index contributed by atoms with van der Waals surface area (Å²) in [7, 11) is 0. The average Bonchev–Trinajstić information content (AvgIpc) is 2.45. The largest absolute Gasteiger partial charge is 0.317 e. The molecular weight excluding hydrogens is 133 g/mol. The van der Waals surface area contributed by atoms with Crippen LogP contribution in [0.2, 0.25) is 0 Å². The van der Waals surface area contributed by atoms with Gasteiger partial charge in [0.1, 0.15) is 5.67 Å². The van der Waals surface area contributed by atoms with Gasteiger partial charge in [0.05, 0.1) is 0 Å². The van der Waals surface area contributed by atoms with Crippen molar-refractivity contribution in [1.29, 1.82) is 0 Å². The molecule has 1 fully saturated rings. The van der Waals surface area contributed by atoms with Crippen LogP contribution in [-0.4, -0.2) is 17.4 Å². The van der Waals surface area contributed by atoms with Crippen molar-refractivity contribution in [1.82, 2.24) is 5.48 Å². The molecule has 1 rings (SSSR count). The maximum absolute atomic E-state index is 13.3. The number of nitrogens with one attached hydrogen (secondary N) is 1. The molecule has 0 radical (unpaired) electrons. The summed E-state index contributed by atoms with van der Waals surface area (Å²) < 4.78 is 13.3. The Hall–Kier alpha value is -0.150. The highest BCUT2D eigenvalue weighted by molar-refractivity contribution is 5.05. The van der Waals surface area contributed by atoms with Gasteiger partial charge < -0.3 is 5.21 Å². The molecule has 0 spiro atoms. The average molecular weight is 147 g/mol. The Bertz CT molecular complexity index is 126. The molecule has 0 saturated heterocycles. The van der Waals surface area contributed by atoms with Crippen LogP contribution in [0.3, 0.4) is 0 Å². The van der Waals surface area contributed by atoms with Gasteiger partial charge in [-0.2, -0.15) is 0 Å². The minimum absolute atomic E-state index is 0.290. The molecule has 1 aliphatic carbocycles.